The highest BCUT2D eigenvalue weighted by Crippen LogP contribution is 2.52. The molecule has 342 valence electrons. The van der Waals surface area contributed by atoms with Crippen LogP contribution >= 0.6 is 0 Å². The smallest absolute Gasteiger partial charge is 0.00139 e. The van der Waals surface area contributed by atoms with Crippen LogP contribution in [0.4, 0.5) is 0 Å². The van der Waals surface area contributed by atoms with Gasteiger partial charge in [-0.2, -0.15) is 0 Å². The van der Waals surface area contributed by atoms with Crippen molar-refractivity contribution < 1.29 is 0 Å². The Labute approximate surface area is 430 Å². The van der Waals surface area contributed by atoms with Crippen LogP contribution in [0.3, 0.4) is 0 Å². The van der Waals surface area contributed by atoms with Crippen molar-refractivity contribution in [3.8, 4) is 77.9 Å². The molecule has 0 heterocycles. The molecular weight excluding hydrogens is 889 g/mol. The molecular formula is C74H46. The van der Waals surface area contributed by atoms with Gasteiger partial charge in [0, 0.05) is 0 Å². The summed E-state index contributed by atoms with van der Waals surface area (Å²) < 4.78 is 0. The summed E-state index contributed by atoms with van der Waals surface area (Å²) in [6.45, 7) is 0. The molecule has 0 fully saturated rings. The van der Waals surface area contributed by atoms with E-state index in [1.54, 1.807) is 0 Å². The van der Waals surface area contributed by atoms with Crippen LogP contribution in [0.1, 0.15) is 0 Å². The van der Waals surface area contributed by atoms with Gasteiger partial charge in [0.25, 0.3) is 0 Å². The molecule has 0 atom stereocenters. The maximum absolute atomic E-state index is 2.51. The van der Waals surface area contributed by atoms with Gasteiger partial charge < -0.3 is 0 Å². The van der Waals surface area contributed by atoms with E-state index in [9.17, 15) is 0 Å². The molecule has 0 heteroatoms. The van der Waals surface area contributed by atoms with Gasteiger partial charge in [-0.1, -0.05) is 261 Å². The summed E-state index contributed by atoms with van der Waals surface area (Å²) in [5.41, 5.74) is 17.2. The van der Waals surface area contributed by atoms with Crippen molar-refractivity contribution in [3.05, 3.63) is 279 Å². The largest absolute Gasteiger partial charge is 0.0622 e. The molecule has 0 aliphatic carbocycles. The van der Waals surface area contributed by atoms with Crippen LogP contribution in [0, 0.1) is 0 Å². The summed E-state index contributed by atoms with van der Waals surface area (Å²) in [6, 6.07) is 104. The minimum atomic E-state index is 1.21. The van der Waals surface area contributed by atoms with E-state index in [2.05, 4.69) is 279 Å². The van der Waals surface area contributed by atoms with Gasteiger partial charge in [0.2, 0.25) is 0 Å². The number of hydrogen-bond donors (Lipinski definition) is 0. The van der Waals surface area contributed by atoms with E-state index in [-0.39, 0.29) is 0 Å². The van der Waals surface area contributed by atoms with Gasteiger partial charge in [0.05, 0.1) is 0 Å². The van der Waals surface area contributed by atoms with Gasteiger partial charge in [-0.25, -0.2) is 0 Å². The second-order valence-electron chi connectivity index (χ2n) is 19.8. The van der Waals surface area contributed by atoms with Crippen molar-refractivity contribution in [2.75, 3.05) is 0 Å². The van der Waals surface area contributed by atoms with Crippen LogP contribution in [0.5, 0.6) is 0 Å². The van der Waals surface area contributed by atoms with Crippen LogP contribution in [-0.2, 0) is 0 Å². The monoisotopic (exact) mass is 934 g/mol. The number of hydrogen-bond acceptors (Lipinski definition) is 0. The second-order valence-corrected chi connectivity index (χ2v) is 19.8. The standard InChI is InChI=1S/C74H46/c1-4-19-48(20-5-1)53-34-37-62(59-29-15-12-26-56(53)59)70-45-69(52-33-32-47-18-10-11-25-51(47)44-52)65-40-41-67-71(63-38-35-54(49-21-6-2-7-22-49)57-27-13-16-30-60(57)63)46-72(68-43-42-66(70)73(65)74(67)68)64-39-36-55(50-23-8-3-9-24-50)58-28-14-17-31-61(58)64/h1-46H. The zero-order valence-corrected chi connectivity index (χ0v) is 40.6. The highest BCUT2D eigenvalue weighted by molar-refractivity contribution is 6.33. The highest BCUT2D eigenvalue weighted by atomic mass is 14.3. The van der Waals surface area contributed by atoms with E-state index >= 15 is 0 Å². The molecule has 0 radical (unpaired) electrons. The molecule has 74 heavy (non-hydrogen) atoms. The van der Waals surface area contributed by atoms with Crippen molar-refractivity contribution in [3.63, 3.8) is 0 Å². The molecule has 0 bridgehead atoms. The molecule has 0 spiro atoms. The molecule has 0 aliphatic rings. The van der Waals surface area contributed by atoms with E-state index < -0.39 is 0 Å². The molecule has 0 aromatic heterocycles. The predicted octanol–water partition coefficient (Wildman–Crippen LogP) is 20.9. The summed E-state index contributed by atoms with van der Waals surface area (Å²) in [7, 11) is 0. The Morgan fingerprint density at radius 2 is 0.432 bits per heavy atom. The first-order chi connectivity index (χ1) is 36.7. The Balaban J connectivity index is 1.09. The summed E-state index contributed by atoms with van der Waals surface area (Å²) in [6.07, 6.45) is 0. The zero-order valence-electron chi connectivity index (χ0n) is 40.6. The van der Waals surface area contributed by atoms with Crippen molar-refractivity contribution in [1.82, 2.24) is 0 Å². The van der Waals surface area contributed by atoms with Crippen molar-refractivity contribution in [1.29, 1.82) is 0 Å². The van der Waals surface area contributed by atoms with E-state index in [4.69, 9.17) is 0 Å². The summed E-state index contributed by atoms with van der Waals surface area (Å²) >= 11 is 0. The lowest BCUT2D eigenvalue weighted by Gasteiger charge is -2.23. The first-order valence-electron chi connectivity index (χ1n) is 25.7. The van der Waals surface area contributed by atoms with Crippen molar-refractivity contribution in [2.24, 2.45) is 0 Å². The third-order valence-corrected chi connectivity index (χ3v) is 15.9. The summed E-state index contributed by atoms with van der Waals surface area (Å²) in [4.78, 5) is 0. The van der Waals surface area contributed by atoms with Crippen LogP contribution in [0.25, 0.3) is 153 Å². The average molecular weight is 935 g/mol. The number of benzene rings is 15. The number of fused-ring (bicyclic) bond motifs is 4. The van der Waals surface area contributed by atoms with Crippen LogP contribution in [0.15, 0.2) is 279 Å². The molecule has 0 N–H and O–H groups in total. The molecule has 15 aromatic rings. The first-order valence-corrected chi connectivity index (χ1v) is 25.7. The van der Waals surface area contributed by atoms with Gasteiger partial charge >= 0.3 is 0 Å². The fourth-order valence-corrected chi connectivity index (χ4v) is 12.5. The molecule has 0 unspecified atom stereocenters. The van der Waals surface area contributed by atoms with Gasteiger partial charge in [0.15, 0.2) is 0 Å². The fourth-order valence-electron chi connectivity index (χ4n) is 12.5. The molecule has 15 rings (SSSR count). The lowest BCUT2D eigenvalue weighted by molar-refractivity contribution is 1.63. The lowest BCUT2D eigenvalue weighted by atomic mass is 9.80. The third-order valence-electron chi connectivity index (χ3n) is 15.9. The minimum Gasteiger partial charge on any atom is -0.0622 e. The Morgan fingerprint density at radius 3 is 0.824 bits per heavy atom. The van der Waals surface area contributed by atoms with Crippen LogP contribution in [0.2, 0.25) is 0 Å². The Kier molecular flexibility index (Phi) is 9.68. The van der Waals surface area contributed by atoms with Crippen molar-refractivity contribution in [2.45, 2.75) is 0 Å². The SMILES string of the molecule is c1ccc(-c2ccc(-c3cc(-c4ccc5ccccc5c4)c4ccc5c(-c6ccc(-c7ccccc7)c7ccccc67)cc(-c6ccc(-c7ccccc7)c7ccccc67)c6ccc3c4c56)c3ccccc23)cc1. The van der Waals surface area contributed by atoms with E-state index in [0.29, 0.717) is 0 Å². The summed E-state index contributed by atoms with van der Waals surface area (Å²) in [5, 5.41) is 17.5. The Bertz CT molecular complexity index is 4540. The average Bonchev–Trinajstić information content (AvgIpc) is 3.50. The maximum Gasteiger partial charge on any atom is -0.00139 e. The van der Waals surface area contributed by atoms with E-state index in [1.807, 2.05) is 0 Å². The topological polar surface area (TPSA) is 0 Å². The van der Waals surface area contributed by atoms with Gasteiger partial charge in [-0.05, 0) is 171 Å². The lowest BCUT2D eigenvalue weighted by Crippen LogP contribution is -1.96. The Morgan fingerprint density at radius 1 is 0.135 bits per heavy atom. The quantitative estimate of drug-likeness (QED) is 0.140. The fraction of sp³-hybridized carbons (Fsp3) is 0. The van der Waals surface area contributed by atoms with Crippen LogP contribution < -0.4 is 0 Å². The first kappa shape index (κ1) is 42.1. The molecule has 15 aromatic carbocycles. The van der Waals surface area contributed by atoms with E-state index in [1.165, 1.54) is 153 Å². The van der Waals surface area contributed by atoms with Crippen molar-refractivity contribution >= 4 is 75.4 Å². The summed E-state index contributed by atoms with van der Waals surface area (Å²) in [5.74, 6) is 0. The molecule has 0 nitrogen and oxygen atoms in total. The predicted molar refractivity (Wildman–Crippen MR) is 318 cm³/mol. The molecule has 0 aliphatic heterocycles. The van der Waals surface area contributed by atoms with E-state index in [0.717, 1.165) is 0 Å². The molecule has 0 amide bonds. The van der Waals surface area contributed by atoms with Crippen LogP contribution in [-0.4, -0.2) is 0 Å². The Hall–Kier alpha value is -9.62. The molecule has 0 saturated heterocycles. The van der Waals surface area contributed by atoms with Gasteiger partial charge in [0.1, 0.15) is 0 Å². The normalized spacial score (nSPS) is 11.8. The highest BCUT2D eigenvalue weighted by Gasteiger charge is 2.24. The zero-order chi connectivity index (χ0) is 48.7. The minimum absolute atomic E-state index is 1.21. The van der Waals surface area contributed by atoms with Gasteiger partial charge in [-0.3, -0.25) is 0 Å². The number of rotatable bonds is 7. The molecule has 0 saturated carbocycles. The third kappa shape index (κ3) is 6.62. The van der Waals surface area contributed by atoms with Gasteiger partial charge in [-0.15, -0.1) is 0 Å². The second kappa shape index (κ2) is 17.0. The maximum atomic E-state index is 2.51.